The monoisotopic (exact) mass is 362 g/mol. The van der Waals surface area contributed by atoms with E-state index in [1.807, 2.05) is 0 Å². The van der Waals surface area contributed by atoms with Crippen LogP contribution in [0, 0.1) is 5.92 Å². The molecule has 142 valence electrons. The maximum atomic E-state index is 11.0. The number of guanidine groups is 1. The first-order chi connectivity index (χ1) is 11.4. The largest absolute Gasteiger partial charge is 0.379 e. The van der Waals surface area contributed by atoms with Gasteiger partial charge in [-0.15, -0.1) is 0 Å². The van der Waals surface area contributed by atoms with E-state index in [1.165, 1.54) is 12.7 Å². The van der Waals surface area contributed by atoms with E-state index in [4.69, 9.17) is 4.74 Å². The van der Waals surface area contributed by atoms with Crippen molar-refractivity contribution in [1.29, 1.82) is 0 Å². The van der Waals surface area contributed by atoms with Gasteiger partial charge in [0.15, 0.2) is 5.96 Å². The van der Waals surface area contributed by atoms with Crippen LogP contribution >= 0.6 is 0 Å². The summed E-state index contributed by atoms with van der Waals surface area (Å²) < 4.78 is 27.4. The van der Waals surface area contributed by atoms with Crippen LogP contribution in [0.5, 0.6) is 0 Å². The van der Waals surface area contributed by atoms with E-state index >= 15 is 0 Å². The van der Waals surface area contributed by atoms with Crippen molar-refractivity contribution in [1.82, 2.24) is 15.1 Å². The third-order valence-electron chi connectivity index (χ3n) is 4.34. The Balaban J connectivity index is 2.25. The number of sulfone groups is 1. The van der Waals surface area contributed by atoms with Crippen LogP contribution in [0.15, 0.2) is 4.99 Å². The number of rotatable bonds is 10. The Morgan fingerprint density at radius 1 is 1.33 bits per heavy atom. The quantitative estimate of drug-likeness (QED) is 0.342. The molecule has 1 saturated heterocycles. The predicted octanol–water partition coefficient (Wildman–Crippen LogP) is 0.287. The number of nitrogens with one attached hydrogen (secondary N) is 1. The predicted molar refractivity (Wildman–Crippen MR) is 99.4 cm³/mol. The van der Waals surface area contributed by atoms with E-state index in [0.29, 0.717) is 19.1 Å². The molecule has 1 rings (SSSR count). The zero-order valence-electron chi connectivity index (χ0n) is 15.6. The van der Waals surface area contributed by atoms with Gasteiger partial charge < -0.3 is 19.9 Å². The highest BCUT2D eigenvalue weighted by atomic mass is 32.2. The highest BCUT2D eigenvalue weighted by Crippen LogP contribution is 2.17. The topological polar surface area (TPSA) is 74.2 Å². The minimum Gasteiger partial charge on any atom is -0.379 e. The van der Waals surface area contributed by atoms with Crippen LogP contribution in [0.1, 0.15) is 20.3 Å². The van der Waals surface area contributed by atoms with Crippen LogP contribution in [-0.2, 0) is 14.6 Å². The molecule has 1 aliphatic rings. The van der Waals surface area contributed by atoms with Crippen molar-refractivity contribution in [3.05, 3.63) is 0 Å². The number of hydrogen-bond acceptors (Lipinski definition) is 5. The van der Waals surface area contributed by atoms with Crippen LogP contribution in [0.25, 0.3) is 0 Å². The summed E-state index contributed by atoms with van der Waals surface area (Å²) in [7, 11) is -1.15. The zero-order valence-corrected chi connectivity index (χ0v) is 16.4. The normalized spacial score (nSPS) is 19.3. The molecule has 0 aliphatic carbocycles. The Hall–Kier alpha value is -0.860. The molecule has 1 heterocycles. The highest BCUT2D eigenvalue weighted by Gasteiger charge is 2.25. The van der Waals surface area contributed by atoms with Gasteiger partial charge in [0.25, 0.3) is 0 Å². The molecule has 0 amide bonds. The molecular formula is C16H34N4O3S. The van der Waals surface area contributed by atoms with Gasteiger partial charge in [-0.05, 0) is 25.4 Å². The number of nitrogens with zero attached hydrogens (tertiary/aromatic N) is 3. The second kappa shape index (κ2) is 10.9. The average molecular weight is 363 g/mol. The first-order valence-electron chi connectivity index (χ1n) is 8.83. The van der Waals surface area contributed by atoms with Crippen molar-refractivity contribution in [2.24, 2.45) is 10.9 Å². The molecule has 0 aromatic carbocycles. The SMILES string of the molecule is CCN(CC)CC1CCN(C(=NC)NCCOCCS(C)(=O)=O)C1. The van der Waals surface area contributed by atoms with Crippen LogP contribution in [0.3, 0.4) is 0 Å². The molecule has 1 fully saturated rings. The van der Waals surface area contributed by atoms with Gasteiger partial charge in [0, 0.05) is 39.5 Å². The molecule has 24 heavy (non-hydrogen) atoms. The Morgan fingerprint density at radius 3 is 2.62 bits per heavy atom. The number of hydrogen-bond donors (Lipinski definition) is 1. The summed E-state index contributed by atoms with van der Waals surface area (Å²) in [6.07, 6.45) is 2.42. The fourth-order valence-corrected chi connectivity index (χ4v) is 3.32. The standard InChI is InChI=1S/C16H34N4O3S/c1-5-19(6-2)13-15-7-9-20(14-15)16(17-3)18-8-10-23-11-12-24(4,21)22/h15H,5-14H2,1-4H3,(H,17,18). The van der Waals surface area contributed by atoms with Crippen molar-refractivity contribution in [2.45, 2.75) is 20.3 Å². The maximum Gasteiger partial charge on any atom is 0.193 e. The molecule has 1 aliphatic heterocycles. The summed E-state index contributed by atoms with van der Waals surface area (Å²) in [5, 5.41) is 3.30. The summed E-state index contributed by atoms with van der Waals surface area (Å²) >= 11 is 0. The molecular weight excluding hydrogens is 328 g/mol. The lowest BCUT2D eigenvalue weighted by Crippen LogP contribution is -2.42. The van der Waals surface area contributed by atoms with Gasteiger partial charge in [-0.25, -0.2) is 8.42 Å². The summed E-state index contributed by atoms with van der Waals surface area (Å²) in [6.45, 7) is 11.2. The third kappa shape index (κ3) is 8.30. The molecule has 0 spiro atoms. The van der Waals surface area contributed by atoms with E-state index in [0.717, 1.165) is 38.7 Å². The Bertz CT molecular complexity index is 478. The van der Waals surface area contributed by atoms with Gasteiger partial charge >= 0.3 is 0 Å². The zero-order chi connectivity index (χ0) is 18.0. The summed E-state index contributed by atoms with van der Waals surface area (Å²) in [5.41, 5.74) is 0. The molecule has 0 saturated carbocycles. The smallest absolute Gasteiger partial charge is 0.193 e. The summed E-state index contributed by atoms with van der Waals surface area (Å²) in [5.74, 6) is 1.67. The van der Waals surface area contributed by atoms with Crippen molar-refractivity contribution in [3.8, 4) is 0 Å². The van der Waals surface area contributed by atoms with E-state index in [-0.39, 0.29) is 12.4 Å². The third-order valence-corrected chi connectivity index (χ3v) is 5.24. The Labute approximate surface area is 147 Å². The van der Waals surface area contributed by atoms with Gasteiger partial charge in [0.2, 0.25) is 0 Å². The summed E-state index contributed by atoms with van der Waals surface area (Å²) in [4.78, 5) is 9.12. The van der Waals surface area contributed by atoms with Crippen LogP contribution in [0.2, 0.25) is 0 Å². The lowest BCUT2D eigenvalue weighted by Gasteiger charge is -2.24. The van der Waals surface area contributed by atoms with Gasteiger partial charge in [0.1, 0.15) is 9.84 Å². The Morgan fingerprint density at radius 2 is 2.04 bits per heavy atom. The number of ether oxygens (including phenoxy) is 1. The lowest BCUT2D eigenvalue weighted by molar-refractivity contribution is 0.153. The number of aliphatic imine (C=N–C) groups is 1. The van der Waals surface area contributed by atoms with Crippen molar-refractivity contribution < 1.29 is 13.2 Å². The van der Waals surface area contributed by atoms with E-state index in [2.05, 4.69) is 34.0 Å². The van der Waals surface area contributed by atoms with Crippen molar-refractivity contribution in [3.63, 3.8) is 0 Å². The van der Waals surface area contributed by atoms with Crippen LogP contribution in [0.4, 0.5) is 0 Å². The molecule has 1 unspecified atom stereocenters. The molecule has 0 aromatic rings. The van der Waals surface area contributed by atoms with Gasteiger partial charge in [-0.1, -0.05) is 13.8 Å². The minimum atomic E-state index is -2.95. The van der Waals surface area contributed by atoms with E-state index < -0.39 is 9.84 Å². The number of likely N-dealkylation sites (tertiary alicyclic amines) is 1. The van der Waals surface area contributed by atoms with Gasteiger partial charge in [0.05, 0.1) is 19.0 Å². The molecule has 1 atom stereocenters. The lowest BCUT2D eigenvalue weighted by atomic mass is 10.1. The Kier molecular flexibility index (Phi) is 9.61. The molecule has 7 nitrogen and oxygen atoms in total. The maximum absolute atomic E-state index is 11.0. The van der Waals surface area contributed by atoms with Crippen LogP contribution < -0.4 is 5.32 Å². The molecule has 0 radical (unpaired) electrons. The molecule has 8 heteroatoms. The fourth-order valence-electron chi connectivity index (χ4n) is 2.90. The second-order valence-electron chi connectivity index (χ2n) is 6.30. The van der Waals surface area contributed by atoms with Crippen molar-refractivity contribution in [2.75, 3.05) is 71.5 Å². The van der Waals surface area contributed by atoms with Crippen molar-refractivity contribution >= 4 is 15.8 Å². The molecule has 1 N–H and O–H groups in total. The summed E-state index contributed by atoms with van der Waals surface area (Å²) in [6, 6.07) is 0. The fraction of sp³-hybridized carbons (Fsp3) is 0.938. The average Bonchev–Trinajstić information content (AvgIpc) is 2.99. The molecule has 0 aromatic heterocycles. The van der Waals surface area contributed by atoms with Crippen LogP contribution in [-0.4, -0.2) is 95.7 Å². The second-order valence-corrected chi connectivity index (χ2v) is 8.56. The highest BCUT2D eigenvalue weighted by molar-refractivity contribution is 7.90. The first kappa shape index (κ1) is 21.2. The van der Waals surface area contributed by atoms with E-state index in [1.54, 1.807) is 7.05 Å². The molecule has 0 bridgehead atoms. The van der Waals surface area contributed by atoms with Gasteiger partial charge in [-0.3, -0.25) is 4.99 Å². The van der Waals surface area contributed by atoms with Gasteiger partial charge in [-0.2, -0.15) is 0 Å². The minimum absolute atomic E-state index is 0.0703. The first-order valence-corrected chi connectivity index (χ1v) is 10.9. The van der Waals surface area contributed by atoms with E-state index in [9.17, 15) is 8.42 Å².